The number of benzene rings is 1. The number of aromatic nitrogens is 2. The van der Waals surface area contributed by atoms with E-state index >= 15 is 0 Å². The number of nitrogens with two attached hydrogens (primary N) is 1. The molecule has 2 heterocycles. The van der Waals surface area contributed by atoms with Crippen LogP contribution in [0.15, 0.2) is 36.7 Å². The highest BCUT2D eigenvalue weighted by atomic mass is 19.1. The molecule has 1 aromatic heterocycles. The van der Waals surface area contributed by atoms with Gasteiger partial charge in [-0.25, -0.2) is 9.37 Å². The molecule has 0 aliphatic carbocycles. The Kier molecular flexibility index (Phi) is 5.00. The number of amides is 1. The lowest BCUT2D eigenvalue weighted by Crippen LogP contribution is -2.39. The summed E-state index contributed by atoms with van der Waals surface area (Å²) in [4.78, 5) is 21.8. The minimum absolute atomic E-state index is 0.207. The molecule has 1 amide bonds. The van der Waals surface area contributed by atoms with E-state index in [0.717, 1.165) is 31.6 Å². The lowest BCUT2D eigenvalue weighted by atomic mass is 9.93. The Morgan fingerprint density at radius 1 is 1.21 bits per heavy atom. The number of halogens is 1. The number of rotatable bonds is 5. The van der Waals surface area contributed by atoms with Crippen LogP contribution in [0.1, 0.15) is 24.5 Å². The lowest BCUT2D eigenvalue weighted by Gasteiger charge is -2.30. The average molecular weight is 330 g/mol. The standard InChI is InChI=1S/C17H19FN4O2/c18-13-1-3-14(4-2-13)24-17-16(20-7-8-21-17)12-5-9-22(10-6-12)11-15(19)23/h1-4,7-8,12H,5-6,9-11H2,(H2,19,23). The van der Waals surface area contributed by atoms with Crippen molar-refractivity contribution >= 4 is 5.91 Å². The smallest absolute Gasteiger partial charge is 0.241 e. The van der Waals surface area contributed by atoms with Crippen LogP contribution >= 0.6 is 0 Å². The van der Waals surface area contributed by atoms with E-state index in [2.05, 4.69) is 9.97 Å². The Morgan fingerprint density at radius 2 is 1.88 bits per heavy atom. The molecule has 7 heteroatoms. The second-order valence-electron chi connectivity index (χ2n) is 5.82. The number of ether oxygens (including phenoxy) is 1. The van der Waals surface area contributed by atoms with Crippen LogP contribution in [0.25, 0.3) is 0 Å². The number of hydrogen-bond donors (Lipinski definition) is 1. The summed E-state index contributed by atoms with van der Waals surface area (Å²) in [5.41, 5.74) is 6.03. The highest BCUT2D eigenvalue weighted by Crippen LogP contribution is 2.33. The summed E-state index contributed by atoms with van der Waals surface area (Å²) < 4.78 is 18.8. The van der Waals surface area contributed by atoms with Crippen molar-refractivity contribution in [3.63, 3.8) is 0 Å². The van der Waals surface area contributed by atoms with Gasteiger partial charge in [-0.2, -0.15) is 0 Å². The third kappa shape index (κ3) is 4.05. The number of carbonyl (C=O) groups excluding carboxylic acids is 1. The third-order valence-electron chi connectivity index (χ3n) is 4.07. The van der Waals surface area contributed by atoms with Gasteiger partial charge in [-0.1, -0.05) is 0 Å². The van der Waals surface area contributed by atoms with Crippen molar-refractivity contribution in [1.29, 1.82) is 0 Å². The Balaban J connectivity index is 1.70. The molecule has 126 valence electrons. The van der Waals surface area contributed by atoms with Gasteiger partial charge in [0.15, 0.2) is 0 Å². The maximum Gasteiger partial charge on any atom is 0.241 e. The quantitative estimate of drug-likeness (QED) is 0.907. The molecular formula is C17H19FN4O2. The second kappa shape index (κ2) is 7.35. The van der Waals surface area contributed by atoms with Gasteiger partial charge < -0.3 is 10.5 Å². The molecule has 1 fully saturated rings. The molecule has 0 unspecified atom stereocenters. The monoisotopic (exact) mass is 330 g/mol. The molecule has 0 saturated carbocycles. The van der Waals surface area contributed by atoms with Gasteiger partial charge in [-0.15, -0.1) is 0 Å². The van der Waals surface area contributed by atoms with Crippen molar-refractivity contribution in [1.82, 2.24) is 14.9 Å². The topological polar surface area (TPSA) is 81.3 Å². The summed E-state index contributed by atoms with van der Waals surface area (Å²) in [6, 6.07) is 5.80. The molecule has 1 aromatic carbocycles. The van der Waals surface area contributed by atoms with Crippen molar-refractivity contribution < 1.29 is 13.9 Å². The largest absolute Gasteiger partial charge is 0.437 e. The molecule has 6 nitrogen and oxygen atoms in total. The van der Waals surface area contributed by atoms with Gasteiger partial charge >= 0.3 is 0 Å². The fourth-order valence-corrected chi connectivity index (χ4v) is 2.89. The molecule has 1 saturated heterocycles. The fourth-order valence-electron chi connectivity index (χ4n) is 2.89. The molecular weight excluding hydrogens is 311 g/mol. The number of piperidine rings is 1. The molecule has 0 radical (unpaired) electrons. The van der Waals surface area contributed by atoms with E-state index in [9.17, 15) is 9.18 Å². The Hall–Kier alpha value is -2.54. The van der Waals surface area contributed by atoms with Crippen LogP contribution in [0.5, 0.6) is 11.6 Å². The Labute approximate surface area is 139 Å². The average Bonchev–Trinajstić information content (AvgIpc) is 2.58. The first-order valence-electron chi connectivity index (χ1n) is 7.87. The zero-order valence-corrected chi connectivity index (χ0v) is 13.2. The number of hydrogen-bond acceptors (Lipinski definition) is 5. The zero-order chi connectivity index (χ0) is 16.9. The van der Waals surface area contributed by atoms with Crippen LogP contribution in [0.3, 0.4) is 0 Å². The molecule has 0 spiro atoms. The van der Waals surface area contributed by atoms with Crippen LogP contribution in [0, 0.1) is 5.82 Å². The van der Waals surface area contributed by atoms with Gasteiger partial charge in [0.05, 0.1) is 6.54 Å². The van der Waals surface area contributed by atoms with Crippen molar-refractivity contribution in [3.8, 4) is 11.6 Å². The molecule has 1 aliphatic rings. The lowest BCUT2D eigenvalue weighted by molar-refractivity contribution is -0.119. The van der Waals surface area contributed by atoms with E-state index in [-0.39, 0.29) is 24.2 Å². The van der Waals surface area contributed by atoms with Crippen molar-refractivity contribution in [2.45, 2.75) is 18.8 Å². The fraction of sp³-hybridized carbons (Fsp3) is 0.353. The first kappa shape index (κ1) is 16.3. The van der Waals surface area contributed by atoms with E-state index in [1.165, 1.54) is 12.1 Å². The molecule has 3 rings (SSSR count). The zero-order valence-electron chi connectivity index (χ0n) is 13.2. The van der Waals surface area contributed by atoms with E-state index < -0.39 is 0 Å². The van der Waals surface area contributed by atoms with Gasteiger partial charge in [0.1, 0.15) is 17.3 Å². The minimum Gasteiger partial charge on any atom is -0.437 e. The highest BCUT2D eigenvalue weighted by Gasteiger charge is 2.25. The predicted octanol–water partition coefficient (Wildman–Crippen LogP) is 2.07. The second-order valence-corrected chi connectivity index (χ2v) is 5.82. The van der Waals surface area contributed by atoms with Gasteiger partial charge in [0, 0.05) is 18.3 Å². The van der Waals surface area contributed by atoms with Crippen molar-refractivity contribution in [2.75, 3.05) is 19.6 Å². The minimum atomic E-state index is -0.316. The third-order valence-corrected chi connectivity index (χ3v) is 4.07. The van der Waals surface area contributed by atoms with Gasteiger partial charge in [0.25, 0.3) is 0 Å². The van der Waals surface area contributed by atoms with Crippen LogP contribution in [0.4, 0.5) is 4.39 Å². The van der Waals surface area contributed by atoms with Crippen LogP contribution in [-0.4, -0.2) is 40.4 Å². The van der Waals surface area contributed by atoms with Gasteiger partial charge in [-0.05, 0) is 50.2 Å². The number of nitrogens with zero attached hydrogens (tertiary/aromatic N) is 3. The molecule has 2 N–H and O–H groups in total. The van der Waals surface area contributed by atoms with E-state index in [1.807, 2.05) is 4.90 Å². The maximum atomic E-state index is 13.0. The summed E-state index contributed by atoms with van der Waals surface area (Å²) in [6.07, 6.45) is 4.92. The van der Waals surface area contributed by atoms with Gasteiger partial charge in [0.2, 0.25) is 11.8 Å². The molecule has 1 aliphatic heterocycles. The van der Waals surface area contributed by atoms with Gasteiger partial charge in [-0.3, -0.25) is 14.7 Å². The summed E-state index contributed by atoms with van der Waals surface area (Å²) in [7, 11) is 0. The van der Waals surface area contributed by atoms with E-state index in [4.69, 9.17) is 10.5 Å². The molecule has 2 aromatic rings. The number of likely N-dealkylation sites (tertiary alicyclic amines) is 1. The summed E-state index contributed by atoms with van der Waals surface area (Å²) in [5, 5.41) is 0. The highest BCUT2D eigenvalue weighted by molar-refractivity contribution is 5.75. The van der Waals surface area contributed by atoms with Crippen molar-refractivity contribution in [3.05, 3.63) is 48.2 Å². The van der Waals surface area contributed by atoms with Crippen LogP contribution in [-0.2, 0) is 4.79 Å². The summed E-state index contributed by atoms with van der Waals surface area (Å²) in [6.45, 7) is 1.84. The molecule has 0 bridgehead atoms. The Morgan fingerprint density at radius 3 is 2.54 bits per heavy atom. The number of carbonyl (C=O) groups is 1. The molecule has 24 heavy (non-hydrogen) atoms. The summed E-state index contributed by atoms with van der Waals surface area (Å²) in [5.74, 6) is 0.539. The summed E-state index contributed by atoms with van der Waals surface area (Å²) >= 11 is 0. The first-order valence-corrected chi connectivity index (χ1v) is 7.87. The molecule has 0 atom stereocenters. The predicted molar refractivity (Wildman–Crippen MR) is 86.1 cm³/mol. The van der Waals surface area contributed by atoms with E-state index in [0.29, 0.717) is 11.6 Å². The van der Waals surface area contributed by atoms with Crippen LogP contribution in [0.2, 0.25) is 0 Å². The van der Waals surface area contributed by atoms with E-state index in [1.54, 1.807) is 24.5 Å². The first-order chi connectivity index (χ1) is 11.6. The Bertz CT molecular complexity index is 700. The maximum absolute atomic E-state index is 13.0. The normalized spacial score (nSPS) is 16.0. The van der Waals surface area contributed by atoms with Crippen LogP contribution < -0.4 is 10.5 Å². The van der Waals surface area contributed by atoms with Crippen molar-refractivity contribution in [2.24, 2.45) is 5.73 Å². The SMILES string of the molecule is NC(=O)CN1CCC(c2nccnc2Oc2ccc(F)cc2)CC1. The number of primary amides is 1.